The zero-order chi connectivity index (χ0) is 17.4. The molecule has 1 heterocycles. The maximum absolute atomic E-state index is 13.6. The SMILES string of the molecule is CCCCCCC(=O)Nc1nnc(SCc2cc(F)ccc2F)s1. The molecule has 0 bridgehead atoms. The number of hydrogen-bond acceptors (Lipinski definition) is 5. The highest BCUT2D eigenvalue weighted by Crippen LogP contribution is 2.29. The number of nitrogens with one attached hydrogen (secondary N) is 1. The number of carbonyl (C=O) groups excluding carboxylic acids is 1. The molecule has 0 saturated carbocycles. The fourth-order valence-corrected chi connectivity index (χ4v) is 3.75. The van der Waals surface area contributed by atoms with Crippen molar-refractivity contribution in [1.82, 2.24) is 10.2 Å². The smallest absolute Gasteiger partial charge is 0.226 e. The second kappa shape index (κ2) is 9.68. The maximum Gasteiger partial charge on any atom is 0.226 e. The lowest BCUT2D eigenvalue weighted by molar-refractivity contribution is -0.116. The molecule has 1 aromatic heterocycles. The van der Waals surface area contributed by atoms with Crippen LogP contribution in [0.1, 0.15) is 44.6 Å². The maximum atomic E-state index is 13.6. The third-order valence-electron chi connectivity index (χ3n) is 3.27. The summed E-state index contributed by atoms with van der Waals surface area (Å²) >= 11 is 2.48. The molecule has 4 nitrogen and oxygen atoms in total. The van der Waals surface area contributed by atoms with Gasteiger partial charge in [-0.1, -0.05) is 49.3 Å². The van der Waals surface area contributed by atoms with Crippen LogP contribution >= 0.6 is 23.1 Å². The highest BCUT2D eigenvalue weighted by Gasteiger charge is 2.10. The third kappa shape index (κ3) is 6.16. The van der Waals surface area contributed by atoms with E-state index in [1.54, 1.807) is 0 Å². The van der Waals surface area contributed by atoms with Gasteiger partial charge in [-0.15, -0.1) is 10.2 Å². The molecule has 1 aromatic carbocycles. The fraction of sp³-hybridized carbons (Fsp3) is 0.438. The van der Waals surface area contributed by atoms with Crippen LogP contribution in [-0.2, 0) is 10.5 Å². The predicted octanol–water partition coefficient (Wildman–Crippen LogP) is 5.02. The summed E-state index contributed by atoms with van der Waals surface area (Å²) in [6.07, 6.45) is 4.63. The van der Waals surface area contributed by atoms with Gasteiger partial charge in [-0.05, 0) is 24.6 Å². The lowest BCUT2D eigenvalue weighted by Gasteiger charge is -2.01. The van der Waals surface area contributed by atoms with Gasteiger partial charge in [0, 0.05) is 17.7 Å². The molecule has 0 atom stereocenters. The van der Waals surface area contributed by atoms with Crippen molar-refractivity contribution in [3.8, 4) is 0 Å². The van der Waals surface area contributed by atoms with Crippen LogP contribution in [-0.4, -0.2) is 16.1 Å². The largest absolute Gasteiger partial charge is 0.301 e. The van der Waals surface area contributed by atoms with Crippen molar-refractivity contribution in [1.29, 1.82) is 0 Å². The molecule has 0 unspecified atom stereocenters. The lowest BCUT2D eigenvalue weighted by atomic mass is 10.1. The minimum absolute atomic E-state index is 0.0741. The van der Waals surface area contributed by atoms with Crippen molar-refractivity contribution in [2.45, 2.75) is 49.1 Å². The van der Waals surface area contributed by atoms with E-state index in [0.29, 0.717) is 15.9 Å². The van der Waals surface area contributed by atoms with Crippen LogP contribution in [0.25, 0.3) is 0 Å². The first-order chi connectivity index (χ1) is 11.6. The predicted molar refractivity (Wildman–Crippen MR) is 93.2 cm³/mol. The van der Waals surface area contributed by atoms with Crippen molar-refractivity contribution in [3.05, 3.63) is 35.4 Å². The summed E-state index contributed by atoms with van der Waals surface area (Å²) in [6, 6.07) is 3.36. The second-order valence-corrected chi connectivity index (χ2v) is 7.46. The van der Waals surface area contributed by atoms with Gasteiger partial charge < -0.3 is 5.32 Å². The Bertz CT molecular complexity index is 679. The Balaban J connectivity index is 1.80. The lowest BCUT2D eigenvalue weighted by Crippen LogP contribution is -2.10. The minimum atomic E-state index is -0.472. The van der Waals surface area contributed by atoms with Gasteiger partial charge in [0.2, 0.25) is 11.0 Å². The van der Waals surface area contributed by atoms with E-state index in [1.807, 2.05) is 0 Å². The van der Waals surface area contributed by atoms with E-state index in [9.17, 15) is 13.6 Å². The van der Waals surface area contributed by atoms with E-state index in [-0.39, 0.29) is 17.2 Å². The number of unbranched alkanes of at least 4 members (excludes halogenated alkanes) is 3. The van der Waals surface area contributed by atoms with Gasteiger partial charge in [0.25, 0.3) is 0 Å². The molecule has 0 radical (unpaired) electrons. The molecule has 1 N–H and O–H groups in total. The molecule has 24 heavy (non-hydrogen) atoms. The van der Waals surface area contributed by atoms with Crippen molar-refractivity contribution in [2.75, 3.05) is 5.32 Å². The number of nitrogens with zero attached hydrogens (tertiary/aromatic N) is 2. The number of thioether (sulfide) groups is 1. The van der Waals surface area contributed by atoms with Gasteiger partial charge in [-0.2, -0.15) is 0 Å². The van der Waals surface area contributed by atoms with Crippen LogP contribution in [0.15, 0.2) is 22.5 Å². The first kappa shape index (κ1) is 18.8. The highest BCUT2D eigenvalue weighted by molar-refractivity contribution is 8.00. The van der Waals surface area contributed by atoms with Gasteiger partial charge in [0.05, 0.1) is 0 Å². The third-order valence-corrected chi connectivity index (χ3v) is 5.29. The summed E-state index contributed by atoms with van der Waals surface area (Å²) in [7, 11) is 0. The summed E-state index contributed by atoms with van der Waals surface area (Å²) < 4.78 is 27.3. The summed E-state index contributed by atoms with van der Waals surface area (Å²) in [5.74, 6) is -0.743. The van der Waals surface area contributed by atoms with Crippen LogP contribution in [0.5, 0.6) is 0 Å². The van der Waals surface area contributed by atoms with Crippen molar-refractivity contribution in [2.24, 2.45) is 0 Å². The summed E-state index contributed by atoms with van der Waals surface area (Å²) in [6.45, 7) is 2.12. The van der Waals surface area contributed by atoms with E-state index in [4.69, 9.17) is 0 Å². The van der Waals surface area contributed by atoms with Gasteiger partial charge in [-0.25, -0.2) is 8.78 Å². The van der Waals surface area contributed by atoms with Crippen LogP contribution < -0.4 is 5.32 Å². The molecule has 0 aliphatic heterocycles. The van der Waals surface area contributed by atoms with Gasteiger partial charge in [-0.3, -0.25) is 4.79 Å². The Morgan fingerprint density at radius 1 is 1.25 bits per heavy atom. The van der Waals surface area contributed by atoms with Gasteiger partial charge >= 0.3 is 0 Å². The highest BCUT2D eigenvalue weighted by atomic mass is 32.2. The number of halogens is 2. The van der Waals surface area contributed by atoms with Crippen molar-refractivity contribution in [3.63, 3.8) is 0 Å². The van der Waals surface area contributed by atoms with Crippen molar-refractivity contribution >= 4 is 34.1 Å². The fourth-order valence-electron chi connectivity index (χ4n) is 2.01. The summed E-state index contributed by atoms with van der Waals surface area (Å²) in [5, 5.41) is 11.0. The zero-order valence-electron chi connectivity index (χ0n) is 13.3. The minimum Gasteiger partial charge on any atom is -0.301 e. The Morgan fingerprint density at radius 3 is 2.88 bits per heavy atom. The topological polar surface area (TPSA) is 54.9 Å². The standard InChI is InChI=1S/C16H19F2N3OS2/c1-2-3-4-5-6-14(22)19-15-20-21-16(24-15)23-10-11-9-12(17)7-8-13(11)18/h7-9H,2-6,10H2,1H3,(H,19,20,22). The first-order valence-corrected chi connectivity index (χ1v) is 9.58. The molecule has 0 aliphatic rings. The Morgan fingerprint density at radius 2 is 2.08 bits per heavy atom. The van der Waals surface area contributed by atoms with E-state index in [2.05, 4.69) is 22.4 Å². The molecule has 0 aliphatic carbocycles. The molecular formula is C16H19F2N3OS2. The molecule has 2 aromatic rings. The number of hydrogen-bond donors (Lipinski definition) is 1. The quantitative estimate of drug-likeness (QED) is 0.382. The first-order valence-electron chi connectivity index (χ1n) is 7.78. The van der Waals surface area contributed by atoms with E-state index < -0.39 is 11.6 Å². The van der Waals surface area contributed by atoms with Crippen molar-refractivity contribution < 1.29 is 13.6 Å². The second-order valence-electron chi connectivity index (χ2n) is 5.26. The van der Waals surface area contributed by atoms with E-state index >= 15 is 0 Å². The van der Waals surface area contributed by atoms with Crippen LogP contribution in [0.2, 0.25) is 0 Å². The summed E-state index contributed by atoms with van der Waals surface area (Å²) in [4.78, 5) is 11.8. The number of aromatic nitrogens is 2. The average molecular weight is 371 g/mol. The Labute approximate surface area is 148 Å². The Hall–Kier alpha value is -1.54. The Kier molecular flexibility index (Phi) is 7.58. The molecule has 130 valence electrons. The number of anilines is 1. The van der Waals surface area contributed by atoms with Crippen LogP contribution in [0.3, 0.4) is 0 Å². The molecule has 1 amide bonds. The molecule has 2 rings (SSSR count). The summed E-state index contributed by atoms with van der Waals surface area (Å²) in [5.41, 5.74) is 0.275. The zero-order valence-corrected chi connectivity index (χ0v) is 15.0. The van der Waals surface area contributed by atoms with Crippen LogP contribution in [0, 0.1) is 11.6 Å². The molecule has 8 heteroatoms. The number of rotatable bonds is 9. The van der Waals surface area contributed by atoms with E-state index in [0.717, 1.165) is 37.8 Å². The number of benzene rings is 1. The normalized spacial score (nSPS) is 10.8. The van der Waals surface area contributed by atoms with Gasteiger partial charge in [0.15, 0.2) is 4.34 Å². The monoisotopic (exact) mass is 371 g/mol. The number of amides is 1. The molecule has 0 spiro atoms. The van der Waals surface area contributed by atoms with E-state index in [1.165, 1.54) is 29.2 Å². The number of carbonyl (C=O) groups is 1. The van der Waals surface area contributed by atoms with Crippen LogP contribution in [0.4, 0.5) is 13.9 Å². The molecule has 0 fully saturated rings. The van der Waals surface area contributed by atoms with Gasteiger partial charge in [0.1, 0.15) is 11.6 Å². The average Bonchev–Trinajstić information content (AvgIpc) is 3.00. The molecular weight excluding hydrogens is 352 g/mol. The molecule has 0 saturated heterocycles.